The van der Waals surface area contributed by atoms with Gasteiger partial charge in [-0.05, 0) is 17.7 Å². The molecule has 0 heterocycles. The molecule has 1 aromatic rings. The summed E-state index contributed by atoms with van der Waals surface area (Å²) in [5, 5.41) is 0.710. The molecule has 1 aromatic carbocycles. The third-order valence-electron chi connectivity index (χ3n) is 1.72. The maximum atomic E-state index is 10.9. The SMILES string of the molecule is COC(=O)CSCc1ccc(Br)cc1Cl. The van der Waals surface area contributed by atoms with Crippen LogP contribution in [0.2, 0.25) is 5.02 Å². The summed E-state index contributed by atoms with van der Waals surface area (Å²) in [7, 11) is 1.38. The Morgan fingerprint density at radius 1 is 1.60 bits per heavy atom. The lowest BCUT2D eigenvalue weighted by Crippen LogP contribution is -2.03. The summed E-state index contributed by atoms with van der Waals surface area (Å²) in [4.78, 5) is 10.9. The smallest absolute Gasteiger partial charge is 0.315 e. The summed E-state index contributed by atoms with van der Waals surface area (Å²) in [6.07, 6.45) is 0. The Hall–Kier alpha value is -0.190. The molecule has 0 unspecified atom stereocenters. The maximum Gasteiger partial charge on any atom is 0.315 e. The van der Waals surface area contributed by atoms with Crippen LogP contribution in [0.15, 0.2) is 22.7 Å². The van der Waals surface area contributed by atoms with E-state index >= 15 is 0 Å². The number of benzene rings is 1. The van der Waals surface area contributed by atoms with Crippen molar-refractivity contribution in [3.05, 3.63) is 33.3 Å². The van der Waals surface area contributed by atoms with Gasteiger partial charge in [0.05, 0.1) is 12.9 Å². The van der Waals surface area contributed by atoms with Crippen molar-refractivity contribution in [2.24, 2.45) is 0 Å². The number of thioether (sulfide) groups is 1. The van der Waals surface area contributed by atoms with Crippen LogP contribution >= 0.6 is 39.3 Å². The van der Waals surface area contributed by atoms with Crippen molar-refractivity contribution in [1.82, 2.24) is 0 Å². The van der Waals surface area contributed by atoms with Crippen LogP contribution in [0.5, 0.6) is 0 Å². The molecule has 0 radical (unpaired) electrons. The Kier molecular flexibility index (Phi) is 5.50. The summed E-state index contributed by atoms with van der Waals surface area (Å²) in [6.45, 7) is 0. The van der Waals surface area contributed by atoms with Gasteiger partial charge in [0, 0.05) is 15.2 Å². The van der Waals surface area contributed by atoms with Crippen molar-refractivity contribution in [3.63, 3.8) is 0 Å². The van der Waals surface area contributed by atoms with Gasteiger partial charge in [-0.2, -0.15) is 0 Å². The monoisotopic (exact) mass is 308 g/mol. The van der Waals surface area contributed by atoms with Crippen molar-refractivity contribution in [2.75, 3.05) is 12.9 Å². The molecule has 0 amide bonds. The first kappa shape index (κ1) is 12.9. The minimum Gasteiger partial charge on any atom is -0.468 e. The highest BCUT2D eigenvalue weighted by Gasteiger charge is 2.04. The predicted octanol–water partition coefficient (Wildman–Crippen LogP) is 3.51. The molecule has 0 aliphatic carbocycles. The molecule has 0 saturated heterocycles. The van der Waals surface area contributed by atoms with Crippen molar-refractivity contribution < 1.29 is 9.53 Å². The molecule has 0 spiro atoms. The quantitative estimate of drug-likeness (QED) is 0.796. The van der Waals surface area contributed by atoms with E-state index in [1.165, 1.54) is 18.9 Å². The molecule has 0 aliphatic rings. The topological polar surface area (TPSA) is 26.3 Å². The molecule has 0 fully saturated rings. The number of ether oxygens (including phenoxy) is 1. The molecule has 0 atom stereocenters. The number of carbonyl (C=O) groups is 1. The minimum absolute atomic E-state index is 0.215. The van der Waals surface area contributed by atoms with E-state index in [0.29, 0.717) is 16.5 Å². The van der Waals surface area contributed by atoms with Crippen LogP contribution in [0, 0.1) is 0 Å². The third kappa shape index (κ3) is 4.45. The number of methoxy groups -OCH3 is 1. The molecule has 5 heteroatoms. The average Bonchev–Trinajstić information content (AvgIpc) is 2.21. The summed E-state index contributed by atoms with van der Waals surface area (Å²) < 4.78 is 5.49. The molecule has 1 rings (SSSR count). The van der Waals surface area contributed by atoms with E-state index in [4.69, 9.17) is 11.6 Å². The van der Waals surface area contributed by atoms with Crippen LogP contribution in [0.25, 0.3) is 0 Å². The molecular formula is C10H10BrClO2S. The van der Waals surface area contributed by atoms with E-state index in [1.54, 1.807) is 0 Å². The zero-order valence-electron chi connectivity index (χ0n) is 8.13. The van der Waals surface area contributed by atoms with Gasteiger partial charge in [0.15, 0.2) is 0 Å². The van der Waals surface area contributed by atoms with Crippen LogP contribution in [-0.4, -0.2) is 18.8 Å². The Labute approximate surface area is 106 Å². The molecule has 2 nitrogen and oxygen atoms in total. The molecule has 0 aliphatic heterocycles. The molecule has 0 bridgehead atoms. The van der Waals surface area contributed by atoms with Gasteiger partial charge in [-0.25, -0.2) is 0 Å². The molecule has 0 N–H and O–H groups in total. The normalized spacial score (nSPS) is 10.1. The second kappa shape index (κ2) is 6.40. The van der Waals surface area contributed by atoms with Gasteiger partial charge >= 0.3 is 5.97 Å². The first-order valence-corrected chi connectivity index (χ1v) is 6.54. The highest BCUT2D eigenvalue weighted by molar-refractivity contribution is 9.10. The Bertz CT molecular complexity index is 357. The van der Waals surface area contributed by atoms with Gasteiger partial charge in [0.25, 0.3) is 0 Å². The van der Waals surface area contributed by atoms with E-state index in [-0.39, 0.29) is 5.97 Å². The van der Waals surface area contributed by atoms with Gasteiger partial charge in [-0.1, -0.05) is 33.6 Å². The van der Waals surface area contributed by atoms with Crippen LogP contribution in [0.4, 0.5) is 0 Å². The second-order valence-corrected chi connectivity index (χ2v) is 5.11. The van der Waals surface area contributed by atoms with Crippen LogP contribution in [0.1, 0.15) is 5.56 Å². The van der Waals surface area contributed by atoms with Gasteiger partial charge in [0.2, 0.25) is 0 Å². The Morgan fingerprint density at radius 2 is 2.33 bits per heavy atom. The number of esters is 1. The zero-order valence-corrected chi connectivity index (χ0v) is 11.3. The van der Waals surface area contributed by atoms with Crippen LogP contribution in [0.3, 0.4) is 0 Å². The Morgan fingerprint density at radius 3 is 2.93 bits per heavy atom. The van der Waals surface area contributed by atoms with Gasteiger partial charge in [-0.3, -0.25) is 4.79 Å². The number of carbonyl (C=O) groups excluding carboxylic acids is 1. The molecular weight excluding hydrogens is 300 g/mol. The zero-order chi connectivity index (χ0) is 11.3. The average molecular weight is 310 g/mol. The molecule has 82 valence electrons. The van der Waals surface area contributed by atoms with Gasteiger partial charge < -0.3 is 4.74 Å². The largest absolute Gasteiger partial charge is 0.468 e. The lowest BCUT2D eigenvalue weighted by atomic mass is 10.2. The van der Waals surface area contributed by atoms with E-state index < -0.39 is 0 Å². The first-order valence-electron chi connectivity index (χ1n) is 4.22. The Balaban J connectivity index is 2.47. The van der Waals surface area contributed by atoms with E-state index in [9.17, 15) is 4.79 Å². The number of rotatable bonds is 4. The fourth-order valence-electron chi connectivity index (χ4n) is 0.942. The van der Waals surface area contributed by atoms with Crippen molar-refractivity contribution in [1.29, 1.82) is 0 Å². The fraction of sp³-hybridized carbons (Fsp3) is 0.300. The van der Waals surface area contributed by atoms with E-state index in [0.717, 1.165) is 10.0 Å². The number of halogens is 2. The predicted molar refractivity (Wildman–Crippen MR) is 67.3 cm³/mol. The molecule has 0 saturated carbocycles. The van der Waals surface area contributed by atoms with Crippen LogP contribution < -0.4 is 0 Å². The van der Waals surface area contributed by atoms with Crippen molar-refractivity contribution in [2.45, 2.75) is 5.75 Å². The first-order chi connectivity index (χ1) is 7.13. The van der Waals surface area contributed by atoms with Crippen molar-refractivity contribution in [3.8, 4) is 0 Å². The summed E-state index contributed by atoms with van der Waals surface area (Å²) in [5.74, 6) is 0.845. The molecule has 0 aromatic heterocycles. The lowest BCUT2D eigenvalue weighted by Gasteiger charge is -2.04. The summed E-state index contributed by atoms with van der Waals surface area (Å²) in [5.41, 5.74) is 1.02. The van der Waals surface area contributed by atoms with Crippen molar-refractivity contribution >= 4 is 45.3 Å². The van der Waals surface area contributed by atoms with Gasteiger partial charge in [0.1, 0.15) is 0 Å². The maximum absolute atomic E-state index is 10.9. The van der Waals surface area contributed by atoms with Gasteiger partial charge in [-0.15, -0.1) is 11.8 Å². The third-order valence-corrected chi connectivity index (χ3v) is 3.52. The summed E-state index contributed by atoms with van der Waals surface area (Å²) in [6, 6.07) is 5.71. The number of hydrogen-bond acceptors (Lipinski definition) is 3. The lowest BCUT2D eigenvalue weighted by molar-refractivity contribution is -0.137. The van der Waals surface area contributed by atoms with E-state index in [2.05, 4.69) is 20.7 Å². The fourth-order valence-corrected chi connectivity index (χ4v) is 2.62. The standard InChI is InChI=1S/C10H10BrClO2S/c1-14-10(13)6-15-5-7-2-3-8(11)4-9(7)12/h2-4H,5-6H2,1H3. The summed E-state index contributed by atoms with van der Waals surface area (Å²) >= 11 is 10.8. The van der Waals surface area contributed by atoms with E-state index in [1.807, 2.05) is 18.2 Å². The molecule has 15 heavy (non-hydrogen) atoms. The van der Waals surface area contributed by atoms with Crippen LogP contribution in [-0.2, 0) is 15.3 Å². The highest BCUT2D eigenvalue weighted by Crippen LogP contribution is 2.24. The second-order valence-electron chi connectivity index (χ2n) is 2.80. The minimum atomic E-state index is -0.215. The highest BCUT2D eigenvalue weighted by atomic mass is 79.9. The number of hydrogen-bond donors (Lipinski definition) is 0.